The number of amides is 1. The van der Waals surface area contributed by atoms with Crippen molar-refractivity contribution in [1.82, 2.24) is 9.88 Å². The van der Waals surface area contributed by atoms with Gasteiger partial charge < -0.3 is 15.3 Å². The second kappa shape index (κ2) is 8.11. The molecule has 0 radical (unpaired) electrons. The number of anilines is 1. The molecule has 1 amide bonds. The number of nitrogens with one attached hydrogen (secondary N) is 1. The van der Waals surface area contributed by atoms with Crippen LogP contribution < -0.4 is 5.32 Å². The standard InChI is InChI=1S/C12H16BrF2N3O2/c1-2-16-11-9(5-8(13)6-17-11)12(20)18(3-4-19)7-10(14)15/h5-6,10,19H,2-4,7H2,1H3,(H,16,17). The average molecular weight is 352 g/mol. The van der Waals surface area contributed by atoms with Gasteiger partial charge in [0.05, 0.1) is 18.7 Å². The molecule has 0 aliphatic heterocycles. The first-order chi connectivity index (χ1) is 9.49. The van der Waals surface area contributed by atoms with Crippen molar-refractivity contribution in [2.45, 2.75) is 13.3 Å². The van der Waals surface area contributed by atoms with Gasteiger partial charge in [0.1, 0.15) is 5.82 Å². The Morgan fingerprint density at radius 1 is 1.60 bits per heavy atom. The van der Waals surface area contributed by atoms with Gasteiger partial charge in [0, 0.05) is 23.8 Å². The number of halogens is 3. The highest BCUT2D eigenvalue weighted by Gasteiger charge is 2.22. The summed E-state index contributed by atoms with van der Waals surface area (Å²) in [6.07, 6.45) is -1.15. The van der Waals surface area contributed by atoms with Crippen LogP contribution in [0.2, 0.25) is 0 Å². The maximum atomic E-state index is 12.5. The van der Waals surface area contributed by atoms with E-state index in [1.54, 1.807) is 0 Å². The Hall–Kier alpha value is -1.28. The number of pyridine rings is 1. The van der Waals surface area contributed by atoms with E-state index in [2.05, 4.69) is 26.2 Å². The van der Waals surface area contributed by atoms with Crippen molar-refractivity contribution in [1.29, 1.82) is 0 Å². The molecule has 0 aliphatic rings. The van der Waals surface area contributed by atoms with Crippen LogP contribution in [0.1, 0.15) is 17.3 Å². The number of aliphatic hydroxyl groups is 1. The number of nitrogens with zero attached hydrogens (tertiary/aromatic N) is 2. The Kier molecular flexibility index (Phi) is 6.80. The molecule has 5 nitrogen and oxygen atoms in total. The maximum absolute atomic E-state index is 12.5. The number of hydrogen-bond acceptors (Lipinski definition) is 4. The van der Waals surface area contributed by atoms with E-state index in [9.17, 15) is 13.6 Å². The van der Waals surface area contributed by atoms with E-state index < -0.39 is 18.9 Å². The van der Waals surface area contributed by atoms with Crippen LogP contribution in [-0.4, -0.2) is 53.6 Å². The predicted molar refractivity (Wildman–Crippen MR) is 75.1 cm³/mol. The molecule has 0 fully saturated rings. The van der Waals surface area contributed by atoms with Crippen LogP contribution in [0, 0.1) is 0 Å². The molecule has 0 spiro atoms. The third-order valence-corrected chi connectivity index (χ3v) is 2.88. The summed E-state index contributed by atoms with van der Waals surface area (Å²) in [6, 6.07) is 1.52. The zero-order chi connectivity index (χ0) is 15.1. The SMILES string of the molecule is CCNc1ncc(Br)cc1C(=O)N(CCO)CC(F)F. The molecule has 112 valence electrons. The zero-order valence-corrected chi connectivity index (χ0v) is 12.5. The quantitative estimate of drug-likeness (QED) is 0.788. The highest BCUT2D eigenvalue weighted by molar-refractivity contribution is 9.10. The van der Waals surface area contributed by atoms with Crippen LogP contribution in [0.15, 0.2) is 16.7 Å². The molecule has 1 rings (SSSR count). The number of alkyl halides is 2. The molecule has 0 bridgehead atoms. The zero-order valence-electron chi connectivity index (χ0n) is 10.9. The molecule has 0 unspecified atom stereocenters. The summed E-state index contributed by atoms with van der Waals surface area (Å²) in [4.78, 5) is 17.3. The van der Waals surface area contributed by atoms with Crippen molar-refractivity contribution in [3.8, 4) is 0 Å². The first-order valence-electron chi connectivity index (χ1n) is 6.07. The lowest BCUT2D eigenvalue weighted by Gasteiger charge is -2.22. The van der Waals surface area contributed by atoms with Crippen molar-refractivity contribution >= 4 is 27.7 Å². The summed E-state index contributed by atoms with van der Waals surface area (Å²) in [5.74, 6) is -0.262. The molecule has 0 saturated heterocycles. The monoisotopic (exact) mass is 351 g/mol. The van der Waals surface area contributed by atoms with Crippen molar-refractivity contribution in [3.63, 3.8) is 0 Å². The van der Waals surface area contributed by atoms with Gasteiger partial charge in [-0.1, -0.05) is 0 Å². The van der Waals surface area contributed by atoms with Crippen LogP contribution in [0.25, 0.3) is 0 Å². The van der Waals surface area contributed by atoms with E-state index in [4.69, 9.17) is 5.11 Å². The van der Waals surface area contributed by atoms with Gasteiger partial charge in [-0.3, -0.25) is 4.79 Å². The summed E-state index contributed by atoms with van der Waals surface area (Å²) in [5, 5.41) is 11.8. The number of rotatable bonds is 7. The smallest absolute Gasteiger partial charge is 0.257 e. The van der Waals surface area contributed by atoms with Gasteiger partial charge in [-0.2, -0.15) is 0 Å². The number of aliphatic hydroxyl groups excluding tert-OH is 1. The second-order valence-corrected chi connectivity index (χ2v) is 4.86. The average Bonchev–Trinajstić information content (AvgIpc) is 2.39. The van der Waals surface area contributed by atoms with Gasteiger partial charge in [0.2, 0.25) is 0 Å². The van der Waals surface area contributed by atoms with Gasteiger partial charge >= 0.3 is 0 Å². The van der Waals surface area contributed by atoms with Crippen LogP contribution in [-0.2, 0) is 0 Å². The van der Waals surface area contributed by atoms with Crippen molar-refractivity contribution in [3.05, 3.63) is 22.3 Å². The lowest BCUT2D eigenvalue weighted by atomic mass is 10.2. The molecule has 1 aromatic rings. The van der Waals surface area contributed by atoms with Crippen molar-refractivity contribution < 1.29 is 18.7 Å². The van der Waals surface area contributed by atoms with Crippen molar-refractivity contribution in [2.75, 3.05) is 31.6 Å². The molecule has 8 heteroatoms. The van der Waals surface area contributed by atoms with E-state index in [0.29, 0.717) is 16.8 Å². The molecule has 0 aromatic carbocycles. The first-order valence-corrected chi connectivity index (χ1v) is 6.86. The summed E-state index contributed by atoms with van der Waals surface area (Å²) in [7, 11) is 0. The van der Waals surface area contributed by atoms with Crippen LogP contribution in [0.3, 0.4) is 0 Å². The molecule has 0 aliphatic carbocycles. The predicted octanol–water partition coefficient (Wildman–Crippen LogP) is 1.98. The van der Waals surface area contributed by atoms with Gasteiger partial charge in [-0.05, 0) is 28.9 Å². The fraction of sp³-hybridized carbons (Fsp3) is 0.500. The minimum Gasteiger partial charge on any atom is -0.395 e. The molecular formula is C12H16BrF2N3O2. The number of carbonyl (C=O) groups is 1. The lowest BCUT2D eigenvalue weighted by molar-refractivity contribution is 0.0509. The van der Waals surface area contributed by atoms with E-state index in [1.807, 2.05) is 6.92 Å². The Balaban J connectivity index is 3.05. The third kappa shape index (κ3) is 4.68. The highest BCUT2D eigenvalue weighted by Crippen LogP contribution is 2.20. The molecule has 1 heterocycles. The normalized spacial score (nSPS) is 10.7. The van der Waals surface area contributed by atoms with Crippen LogP contribution >= 0.6 is 15.9 Å². The fourth-order valence-electron chi connectivity index (χ4n) is 1.64. The number of aromatic nitrogens is 1. The second-order valence-electron chi connectivity index (χ2n) is 3.95. The van der Waals surface area contributed by atoms with Crippen LogP contribution in [0.4, 0.5) is 14.6 Å². The van der Waals surface area contributed by atoms with Gasteiger partial charge in [-0.15, -0.1) is 0 Å². The molecule has 1 aromatic heterocycles. The number of carbonyl (C=O) groups excluding carboxylic acids is 1. The summed E-state index contributed by atoms with van der Waals surface area (Å²) >= 11 is 3.20. The minimum atomic E-state index is -2.66. The minimum absolute atomic E-state index is 0.152. The highest BCUT2D eigenvalue weighted by atomic mass is 79.9. The van der Waals surface area contributed by atoms with E-state index in [0.717, 1.165) is 4.90 Å². The Morgan fingerprint density at radius 3 is 2.85 bits per heavy atom. The van der Waals surface area contributed by atoms with Crippen molar-refractivity contribution in [2.24, 2.45) is 0 Å². The maximum Gasteiger partial charge on any atom is 0.257 e. The molecule has 2 N–H and O–H groups in total. The summed E-state index contributed by atoms with van der Waals surface area (Å²) in [6.45, 7) is 1.13. The van der Waals surface area contributed by atoms with Gasteiger partial charge in [0.15, 0.2) is 0 Å². The molecule has 0 atom stereocenters. The first kappa shape index (κ1) is 16.8. The summed E-state index contributed by atoms with van der Waals surface area (Å²) in [5.41, 5.74) is 0.190. The molecule has 0 saturated carbocycles. The Bertz CT molecular complexity index is 460. The van der Waals surface area contributed by atoms with Crippen LogP contribution in [0.5, 0.6) is 0 Å². The topological polar surface area (TPSA) is 65.5 Å². The largest absolute Gasteiger partial charge is 0.395 e. The lowest BCUT2D eigenvalue weighted by Crippen LogP contribution is -2.37. The van der Waals surface area contributed by atoms with E-state index in [-0.39, 0.29) is 18.7 Å². The van der Waals surface area contributed by atoms with E-state index in [1.165, 1.54) is 12.3 Å². The summed E-state index contributed by atoms with van der Waals surface area (Å²) < 4.78 is 25.6. The van der Waals surface area contributed by atoms with Gasteiger partial charge in [0.25, 0.3) is 12.3 Å². The third-order valence-electron chi connectivity index (χ3n) is 2.44. The number of hydrogen-bond donors (Lipinski definition) is 2. The van der Waals surface area contributed by atoms with Gasteiger partial charge in [-0.25, -0.2) is 13.8 Å². The molecular weight excluding hydrogens is 336 g/mol. The fourth-order valence-corrected chi connectivity index (χ4v) is 1.98. The Morgan fingerprint density at radius 2 is 2.30 bits per heavy atom. The molecule has 20 heavy (non-hydrogen) atoms. The van der Waals surface area contributed by atoms with E-state index >= 15 is 0 Å². The Labute approximate surface area is 124 Å².